The molecule has 2 unspecified atom stereocenters. The minimum atomic E-state index is -0.216. The number of nitrogens with zero attached hydrogens (tertiary/aromatic N) is 1. The van der Waals surface area contributed by atoms with Gasteiger partial charge in [-0.25, -0.2) is 9.78 Å². The lowest BCUT2D eigenvalue weighted by Gasteiger charge is -2.12. The first kappa shape index (κ1) is 15.5. The number of urea groups is 1. The van der Waals surface area contributed by atoms with E-state index >= 15 is 0 Å². The Balaban J connectivity index is 1.81. The standard InChI is InChI=1S/C15H20N4OS/c1-10(14-17-7-8-21-14)9-18-15(20)19-13-5-3-12(4-6-13)11(2)16/h3-8,10-11H,9,16H2,1-2H3,(H2,18,19,20). The molecule has 0 fully saturated rings. The number of hydrogen-bond acceptors (Lipinski definition) is 4. The number of nitrogens with two attached hydrogens (primary N) is 1. The average molecular weight is 304 g/mol. The van der Waals surface area contributed by atoms with E-state index in [1.54, 1.807) is 17.5 Å². The predicted octanol–water partition coefficient (Wildman–Crippen LogP) is 3.09. The molecule has 0 aliphatic heterocycles. The van der Waals surface area contributed by atoms with Gasteiger partial charge in [0.05, 0.1) is 5.01 Å². The van der Waals surface area contributed by atoms with Crippen molar-refractivity contribution in [1.29, 1.82) is 0 Å². The summed E-state index contributed by atoms with van der Waals surface area (Å²) in [5.41, 5.74) is 7.58. The third-order valence-corrected chi connectivity index (χ3v) is 4.14. The number of thiazole rings is 1. The highest BCUT2D eigenvalue weighted by atomic mass is 32.1. The second-order valence-electron chi connectivity index (χ2n) is 5.02. The third-order valence-electron chi connectivity index (χ3n) is 3.14. The van der Waals surface area contributed by atoms with E-state index in [4.69, 9.17) is 5.73 Å². The van der Waals surface area contributed by atoms with Gasteiger partial charge in [0.2, 0.25) is 0 Å². The minimum Gasteiger partial charge on any atom is -0.337 e. The van der Waals surface area contributed by atoms with Crippen LogP contribution in [0.3, 0.4) is 0 Å². The summed E-state index contributed by atoms with van der Waals surface area (Å²) in [7, 11) is 0. The monoisotopic (exact) mass is 304 g/mol. The molecule has 0 saturated carbocycles. The molecule has 0 bridgehead atoms. The zero-order valence-electron chi connectivity index (χ0n) is 12.2. The van der Waals surface area contributed by atoms with Gasteiger partial charge in [-0.05, 0) is 24.6 Å². The molecule has 1 heterocycles. The van der Waals surface area contributed by atoms with Crippen molar-refractivity contribution in [2.24, 2.45) is 5.73 Å². The van der Waals surface area contributed by atoms with Gasteiger partial charge in [0, 0.05) is 35.8 Å². The molecule has 1 aromatic heterocycles. The Hall–Kier alpha value is -1.92. The average Bonchev–Trinajstić information content (AvgIpc) is 2.99. The predicted molar refractivity (Wildman–Crippen MR) is 86.6 cm³/mol. The molecule has 0 radical (unpaired) electrons. The van der Waals surface area contributed by atoms with E-state index in [0.29, 0.717) is 6.54 Å². The van der Waals surface area contributed by atoms with Crippen molar-refractivity contribution in [2.45, 2.75) is 25.8 Å². The number of carbonyl (C=O) groups is 1. The molecule has 0 aliphatic carbocycles. The summed E-state index contributed by atoms with van der Waals surface area (Å²) in [4.78, 5) is 16.1. The van der Waals surface area contributed by atoms with Crippen molar-refractivity contribution >= 4 is 23.1 Å². The molecule has 0 aliphatic rings. The van der Waals surface area contributed by atoms with Gasteiger partial charge >= 0.3 is 6.03 Å². The molecule has 4 N–H and O–H groups in total. The van der Waals surface area contributed by atoms with E-state index in [-0.39, 0.29) is 18.0 Å². The quantitative estimate of drug-likeness (QED) is 0.794. The molecule has 2 rings (SSSR count). The van der Waals surface area contributed by atoms with Crippen LogP contribution in [0.15, 0.2) is 35.8 Å². The van der Waals surface area contributed by atoms with E-state index < -0.39 is 0 Å². The van der Waals surface area contributed by atoms with Gasteiger partial charge in [0.25, 0.3) is 0 Å². The Bertz CT molecular complexity index is 566. The maximum absolute atomic E-state index is 11.8. The summed E-state index contributed by atoms with van der Waals surface area (Å²) in [6.07, 6.45) is 1.77. The topological polar surface area (TPSA) is 80.0 Å². The summed E-state index contributed by atoms with van der Waals surface area (Å²) in [6, 6.07) is 7.31. The largest absolute Gasteiger partial charge is 0.337 e. The number of aromatic nitrogens is 1. The summed E-state index contributed by atoms with van der Waals surface area (Å²) >= 11 is 1.60. The lowest BCUT2D eigenvalue weighted by atomic mass is 10.1. The Kier molecular flexibility index (Phi) is 5.30. The first-order valence-corrected chi connectivity index (χ1v) is 7.74. The van der Waals surface area contributed by atoms with Crippen LogP contribution >= 0.6 is 11.3 Å². The highest BCUT2D eigenvalue weighted by molar-refractivity contribution is 7.09. The zero-order chi connectivity index (χ0) is 15.2. The van der Waals surface area contributed by atoms with Gasteiger partial charge in [0.1, 0.15) is 0 Å². The highest BCUT2D eigenvalue weighted by Gasteiger charge is 2.10. The SMILES string of the molecule is CC(N)c1ccc(NC(=O)NCC(C)c2nccs2)cc1. The molecule has 21 heavy (non-hydrogen) atoms. The fourth-order valence-corrected chi connectivity index (χ4v) is 2.55. The summed E-state index contributed by atoms with van der Waals surface area (Å²) in [5.74, 6) is 0.205. The maximum Gasteiger partial charge on any atom is 0.319 e. The van der Waals surface area contributed by atoms with Crippen LogP contribution in [0.5, 0.6) is 0 Å². The molecular formula is C15H20N4OS. The van der Waals surface area contributed by atoms with Crippen LogP contribution in [-0.4, -0.2) is 17.6 Å². The number of nitrogens with one attached hydrogen (secondary N) is 2. The molecule has 2 amide bonds. The van der Waals surface area contributed by atoms with Crippen molar-refractivity contribution in [3.05, 3.63) is 46.4 Å². The molecule has 2 aromatic rings. The lowest BCUT2D eigenvalue weighted by molar-refractivity contribution is 0.251. The molecule has 0 spiro atoms. The van der Waals surface area contributed by atoms with Crippen LogP contribution in [0.4, 0.5) is 10.5 Å². The summed E-state index contributed by atoms with van der Waals surface area (Å²) in [5, 5.41) is 8.61. The fourth-order valence-electron chi connectivity index (χ4n) is 1.86. The van der Waals surface area contributed by atoms with E-state index in [1.807, 2.05) is 43.5 Å². The Morgan fingerprint density at radius 1 is 1.33 bits per heavy atom. The van der Waals surface area contributed by atoms with Gasteiger partial charge in [-0.2, -0.15) is 0 Å². The summed E-state index contributed by atoms with van der Waals surface area (Å²) < 4.78 is 0. The van der Waals surface area contributed by atoms with Crippen molar-refractivity contribution in [3.63, 3.8) is 0 Å². The Labute approximate surface area is 128 Å². The van der Waals surface area contributed by atoms with Crippen molar-refractivity contribution in [1.82, 2.24) is 10.3 Å². The molecule has 6 heteroatoms. The van der Waals surface area contributed by atoms with Crippen LogP contribution in [0.1, 0.15) is 36.4 Å². The van der Waals surface area contributed by atoms with Gasteiger partial charge in [0.15, 0.2) is 0 Å². The maximum atomic E-state index is 11.8. The van der Waals surface area contributed by atoms with E-state index in [2.05, 4.69) is 15.6 Å². The normalized spacial score (nSPS) is 13.5. The smallest absolute Gasteiger partial charge is 0.319 e. The van der Waals surface area contributed by atoms with Crippen molar-refractivity contribution in [2.75, 3.05) is 11.9 Å². The lowest BCUT2D eigenvalue weighted by Crippen LogP contribution is -2.31. The van der Waals surface area contributed by atoms with Crippen LogP contribution in [-0.2, 0) is 0 Å². The second-order valence-corrected chi connectivity index (χ2v) is 5.94. The van der Waals surface area contributed by atoms with Crippen molar-refractivity contribution < 1.29 is 4.79 Å². The number of anilines is 1. The number of rotatable bonds is 5. The first-order valence-electron chi connectivity index (χ1n) is 6.86. The second kappa shape index (κ2) is 7.19. The van der Waals surface area contributed by atoms with Gasteiger partial charge in [-0.3, -0.25) is 0 Å². The van der Waals surface area contributed by atoms with E-state index in [9.17, 15) is 4.79 Å². The molecule has 2 atom stereocenters. The Morgan fingerprint density at radius 2 is 2.05 bits per heavy atom. The van der Waals surface area contributed by atoms with E-state index in [0.717, 1.165) is 16.3 Å². The molecule has 1 aromatic carbocycles. The van der Waals surface area contributed by atoms with Crippen LogP contribution < -0.4 is 16.4 Å². The molecule has 0 saturated heterocycles. The first-order chi connectivity index (χ1) is 10.1. The number of benzene rings is 1. The van der Waals surface area contributed by atoms with Crippen LogP contribution in [0.25, 0.3) is 0 Å². The zero-order valence-corrected chi connectivity index (χ0v) is 13.0. The molecule has 112 valence electrons. The van der Waals surface area contributed by atoms with Gasteiger partial charge in [-0.15, -0.1) is 11.3 Å². The van der Waals surface area contributed by atoms with Gasteiger partial charge in [-0.1, -0.05) is 19.1 Å². The van der Waals surface area contributed by atoms with Crippen molar-refractivity contribution in [3.8, 4) is 0 Å². The van der Waals surface area contributed by atoms with E-state index in [1.165, 1.54) is 0 Å². The number of carbonyl (C=O) groups excluding carboxylic acids is 1. The highest BCUT2D eigenvalue weighted by Crippen LogP contribution is 2.17. The number of hydrogen-bond donors (Lipinski definition) is 3. The number of amides is 2. The fraction of sp³-hybridized carbons (Fsp3) is 0.333. The Morgan fingerprint density at radius 3 is 2.62 bits per heavy atom. The third kappa shape index (κ3) is 4.54. The minimum absolute atomic E-state index is 0.00739. The van der Waals surface area contributed by atoms with Gasteiger partial charge < -0.3 is 16.4 Å². The summed E-state index contributed by atoms with van der Waals surface area (Å²) in [6.45, 7) is 4.52. The molecular weight excluding hydrogens is 284 g/mol. The molecule has 5 nitrogen and oxygen atoms in total. The van der Waals surface area contributed by atoms with Crippen LogP contribution in [0.2, 0.25) is 0 Å². The van der Waals surface area contributed by atoms with Crippen LogP contribution in [0, 0.1) is 0 Å².